The number of hydrogen-bond donors (Lipinski definition) is 2. The fraction of sp³-hybridized carbons (Fsp3) is 0.562. The number of nitrogens with one attached hydrogen (secondary N) is 1. The lowest BCUT2D eigenvalue weighted by atomic mass is 10.0. The molecule has 1 saturated heterocycles. The monoisotopic (exact) mass is 310 g/mol. The van der Waals surface area contributed by atoms with E-state index >= 15 is 0 Å². The summed E-state index contributed by atoms with van der Waals surface area (Å²) in [5.41, 5.74) is 0. The highest BCUT2D eigenvalue weighted by Crippen LogP contribution is 2.19. The number of amides is 2. The number of aliphatic hydroxyl groups is 1. The molecular formula is C16H23FN2O3. The zero-order chi connectivity index (χ0) is 15.8. The second-order valence-corrected chi connectivity index (χ2v) is 5.39. The minimum Gasteiger partial charge on any atom is -0.492 e. The highest BCUT2D eigenvalue weighted by atomic mass is 19.1. The number of halogens is 1. The van der Waals surface area contributed by atoms with Gasteiger partial charge in [0.2, 0.25) is 0 Å². The van der Waals surface area contributed by atoms with Crippen molar-refractivity contribution in [1.29, 1.82) is 0 Å². The first-order valence-corrected chi connectivity index (χ1v) is 7.74. The summed E-state index contributed by atoms with van der Waals surface area (Å²) in [6, 6.07) is 5.79. The van der Waals surface area contributed by atoms with Gasteiger partial charge in [-0.05, 0) is 49.9 Å². The predicted octanol–water partition coefficient (Wildman–Crippen LogP) is 2.15. The number of carbonyl (C=O) groups excluding carboxylic acids is 1. The maximum Gasteiger partial charge on any atom is 0.317 e. The van der Waals surface area contributed by atoms with Crippen molar-refractivity contribution in [3.05, 3.63) is 30.1 Å². The van der Waals surface area contributed by atoms with E-state index < -0.39 is 0 Å². The van der Waals surface area contributed by atoms with Crippen LogP contribution in [0.2, 0.25) is 0 Å². The Morgan fingerprint density at radius 3 is 2.86 bits per heavy atom. The van der Waals surface area contributed by atoms with E-state index in [4.69, 9.17) is 9.84 Å². The molecule has 1 aliphatic heterocycles. The molecule has 0 unspecified atom stereocenters. The normalized spacial score (nSPS) is 18.1. The maximum absolute atomic E-state index is 12.8. The molecule has 1 aromatic rings. The molecule has 0 saturated carbocycles. The summed E-state index contributed by atoms with van der Waals surface area (Å²) in [6.07, 6.45) is 3.67. The zero-order valence-electron chi connectivity index (χ0n) is 12.6. The minimum atomic E-state index is -0.305. The summed E-state index contributed by atoms with van der Waals surface area (Å²) in [5.74, 6) is 0.271. The summed E-state index contributed by atoms with van der Waals surface area (Å²) in [7, 11) is 0. The van der Waals surface area contributed by atoms with Crippen LogP contribution in [0.4, 0.5) is 9.18 Å². The quantitative estimate of drug-likeness (QED) is 0.792. The van der Waals surface area contributed by atoms with Gasteiger partial charge in [0.25, 0.3) is 0 Å². The summed E-state index contributed by atoms with van der Waals surface area (Å²) >= 11 is 0. The zero-order valence-corrected chi connectivity index (χ0v) is 12.6. The van der Waals surface area contributed by atoms with E-state index in [2.05, 4.69) is 5.32 Å². The Labute approximate surface area is 130 Å². The number of hydrogen-bond acceptors (Lipinski definition) is 3. The maximum atomic E-state index is 12.8. The van der Waals surface area contributed by atoms with Crippen LogP contribution in [0.25, 0.3) is 0 Å². The molecule has 2 rings (SSSR count). The van der Waals surface area contributed by atoms with Gasteiger partial charge in [-0.15, -0.1) is 0 Å². The van der Waals surface area contributed by atoms with Crippen molar-refractivity contribution in [2.45, 2.75) is 31.7 Å². The molecule has 1 aromatic carbocycles. The van der Waals surface area contributed by atoms with Gasteiger partial charge in [0.1, 0.15) is 18.2 Å². The molecule has 2 N–H and O–H groups in total. The van der Waals surface area contributed by atoms with Crippen LogP contribution >= 0.6 is 0 Å². The van der Waals surface area contributed by atoms with Gasteiger partial charge in [0.05, 0.1) is 6.54 Å². The first-order valence-electron chi connectivity index (χ1n) is 7.74. The molecular weight excluding hydrogens is 287 g/mol. The lowest BCUT2D eigenvalue weighted by Gasteiger charge is -2.35. The number of urea groups is 1. The SMILES string of the molecule is O=C(NCCOc1ccc(F)cc1)N1CCCC[C@@H]1CCO. The number of benzene rings is 1. The second kappa shape index (κ2) is 8.58. The van der Waals surface area contributed by atoms with Crippen molar-refractivity contribution in [1.82, 2.24) is 10.2 Å². The van der Waals surface area contributed by atoms with Gasteiger partial charge in [0.15, 0.2) is 0 Å². The number of carbonyl (C=O) groups is 1. The third-order valence-corrected chi connectivity index (χ3v) is 3.81. The Balaban J connectivity index is 1.71. The van der Waals surface area contributed by atoms with Gasteiger partial charge in [-0.3, -0.25) is 0 Å². The smallest absolute Gasteiger partial charge is 0.317 e. The Kier molecular flexibility index (Phi) is 6.45. The van der Waals surface area contributed by atoms with Crippen molar-refractivity contribution < 1.29 is 19.0 Å². The summed E-state index contributed by atoms with van der Waals surface area (Å²) < 4.78 is 18.2. The van der Waals surface area contributed by atoms with Crippen LogP contribution < -0.4 is 10.1 Å². The van der Waals surface area contributed by atoms with Gasteiger partial charge >= 0.3 is 6.03 Å². The number of rotatable bonds is 6. The average Bonchev–Trinajstić information content (AvgIpc) is 2.54. The van der Waals surface area contributed by atoms with Crippen LogP contribution in [0, 0.1) is 5.82 Å². The van der Waals surface area contributed by atoms with Gasteiger partial charge in [-0.25, -0.2) is 9.18 Å². The van der Waals surface area contributed by atoms with Gasteiger partial charge in [-0.2, -0.15) is 0 Å². The molecule has 1 atom stereocenters. The highest BCUT2D eigenvalue weighted by Gasteiger charge is 2.25. The van der Waals surface area contributed by atoms with E-state index in [0.717, 1.165) is 25.8 Å². The number of nitrogens with zero attached hydrogens (tertiary/aromatic N) is 1. The fourth-order valence-corrected chi connectivity index (χ4v) is 2.68. The van der Waals surface area contributed by atoms with E-state index in [0.29, 0.717) is 25.3 Å². The average molecular weight is 310 g/mol. The van der Waals surface area contributed by atoms with Crippen LogP contribution in [0.1, 0.15) is 25.7 Å². The first kappa shape index (κ1) is 16.5. The van der Waals surface area contributed by atoms with Gasteiger partial charge in [-0.1, -0.05) is 0 Å². The fourth-order valence-electron chi connectivity index (χ4n) is 2.68. The number of likely N-dealkylation sites (tertiary alicyclic amines) is 1. The molecule has 0 radical (unpaired) electrons. The van der Waals surface area contributed by atoms with Crippen molar-refractivity contribution >= 4 is 6.03 Å². The molecule has 0 spiro atoms. The lowest BCUT2D eigenvalue weighted by molar-refractivity contribution is 0.131. The Bertz CT molecular complexity index is 465. The molecule has 1 fully saturated rings. The van der Waals surface area contributed by atoms with E-state index in [-0.39, 0.29) is 24.5 Å². The molecule has 5 nitrogen and oxygen atoms in total. The Hall–Kier alpha value is -1.82. The topological polar surface area (TPSA) is 61.8 Å². The predicted molar refractivity (Wildman–Crippen MR) is 81.3 cm³/mol. The molecule has 0 aromatic heterocycles. The minimum absolute atomic E-state index is 0.0993. The van der Waals surface area contributed by atoms with Crippen molar-refractivity contribution in [2.24, 2.45) is 0 Å². The summed E-state index contributed by atoms with van der Waals surface area (Å²) in [4.78, 5) is 14.0. The van der Waals surface area contributed by atoms with E-state index in [1.165, 1.54) is 12.1 Å². The molecule has 122 valence electrons. The van der Waals surface area contributed by atoms with Crippen molar-refractivity contribution in [3.8, 4) is 5.75 Å². The molecule has 2 amide bonds. The van der Waals surface area contributed by atoms with E-state index in [1.807, 2.05) is 0 Å². The third kappa shape index (κ3) is 4.87. The van der Waals surface area contributed by atoms with Gasteiger partial charge < -0.3 is 20.1 Å². The molecule has 0 bridgehead atoms. The molecule has 1 heterocycles. The van der Waals surface area contributed by atoms with Crippen LogP contribution in [0.5, 0.6) is 5.75 Å². The molecule has 0 aliphatic carbocycles. The second-order valence-electron chi connectivity index (χ2n) is 5.39. The van der Waals surface area contributed by atoms with E-state index in [1.54, 1.807) is 17.0 Å². The number of aliphatic hydroxyl groups excluding tert-OH is 1. The Morgan fingerprint density at radius 1 is 1.36 bits per heavy atom. The van der Waals surface area contributed by atoms with Crippen molar-refractivity contribution in [2.75, 3.05) is 26.3 Å². The molecule has 6 heteroatoms. The molecule has 22 heavy (non-hydrogen) atoms. The van der Waals surface area contributed by atoms with Crippen LogP contribution in [-0.2, 0) is 0 Å². The van der Waals surface area contributed by atoms with E-state index in [9.17, 15) is 9.18 Å². The lowest BCUT2D eigenvalue weighted by Crippen LogP contribution is -2.49. The number of ether oxygens (including phenoxy) is 1. The van der Waals surface area contributed by atoms with Crippen LogP contribution in [0.3, 0.4) is 0 Å². The first-order chi connectivity index (χ1) is 10.7. The summed E-state index contributed by atoms with van der Waals surface area (Å²) in [5, 5.41) is 11.9. The van der Waals surface area contributed by atoms with Crippen LogP contribution in [0.15, 0.2) is 24.3 Å². The Morgan fingerprint density at radius 2 is 2.14 bits per heavy atom. The molecule has 1 aliphatic rings. The summed E-state index contributed by atoms with van der Waals surface area (Å²) in [6.45, 7) is 1.55. The van der Waals surface area contributed by atoms with Gasteiger partial charge in [0, 0.05) is 19.2 Å². The highest BCUT2D eigenvalue weighted by molar-refractivity contribution is 5.74. The van der Waals surface area contributed by atoms with Crippen LogP contribution in [-0.4, -0.2) is 48.4 Å². The standard InChI is InChI=1S/C16H23FN2O3/c17-13-4-6-15(7-5-13)22-12-9-18-16(21)19-10-2-1-3-14(19)8-11-20/h4-7,14,20H,1-3,8-12H2,(H,18,21)/t14-/m1/s1. The van der Waals surface area contributed by atoms with Crippen molar-refractivity contribution in [3.63, 3.8) is 0 Å². The number of piperidine rings is 1. The largest absolute Gasteiger partial charge is 0.492 e. The third-order valence-electron chi connectivity index (χ3n) is 3.81.